The summed E-state index contributed by atoms with van der Waals surface area (Å²) in [4.78, 5) is 4.26. The summed E-state index contributed by atoms with van der Waals surface area (Å²) in [6, 6.07) is 9.37. The molecule has 0 unspecified atom stereocenters. The zero-order chi connectivity index (χ0) is 21.2. The van der Waals surface area contributed by atoms with Crippen LogP contribution in [0.15, 0.2) is 35.3 Å². The monoisotopic (exact) mass is 421 g/mol. The molecule has 158 valence electrons. The fraction of sp³-hybridized carbons (Fsp3) is 0.381. The highest BCUT2D eigenvalue weighted by Gasteiger charge is 2.12. The maximum absolute atomic E-state index is 6.30. The van der Waals surface area contributed by atoms with Crippen molar-refractivity contribution in [3.05, 3.63) is 46.5 Å². The van der Waals surface area contributed by atoms with E-state index in [1.54, 1.807) is 41.6 Å². The second-order valence-electron chi connectivity index (χ2n) is 6.08. The Balaban J connectivity index is 1.95. The van der Waals surface area contributed by atoms with E-state index in [0.29, 0.717) is 41.3 Å². The SMILES string of the molecule is CN=C(NCCc1ccc(OC)cc1Cl)NCc1cc(OC)c(OC)cc1OC. The second-order valence-corrected chi connectivity index (χ2v) is 6.49. The molecule has 0 radical (unpaired) electrons. The number of methoxy groups -OCH3 is 4. The molecule has 0 fully saturated rings. The number of hydrogen-bond donors (Lipinski definition) is 2. The molecule has 29 heavy (non-hydrogen) atoms. The topological polar surface area (TPSA) is 73.3 Å². The molecule has 8 heteroatoms. The summed E-state index contributed by atoms with van der Waals surface area (Å²) in [5.74, 6) is 3.38. The Hall–Kier alpha value is -2.80. The highest BCUT2D eigenvalue weighted by Crippen LogP contribution is 2.34. The predicted molar refractivity (Wildman–Crippen MR) is 116 cm³/mol. The Labute approximate surface area is 177 Å². The molecule has 0 amide bonds. The third-order valence-corrected chi connectivity index (χ3v) is 4.76. The van der Waals surface area contributed by atoms with Crippen LogP contribution in [0.3, 0.4) is 0 Å². The van der Waals surface area contributed by atoms with Gasteiger partial charge in [0.05, 0.1) is 28.4 Å². The van der Waals surface area contributed by atoms with Crippen LogP contribution < -0.4 is 29.6 Å². The van der Waals surface area contributed by atoms with Crippen molar-refractivity contribution in [1.82, 2.24) is 10.6 Å². The van der Waals surface area contributed by atoms with Crippen molar-refractivity contribution in [1.29, 1.82) is 0 Å². The van der Waals surface area contributed by atoms with Gasteiger partial charge >= 0.3 is 0 Å². The van der Waals surface area contributed by atoms with Gasteiger partial charge in [-0.15, -0.1) is 0 Å². The second kappa shape index (κ2) is 11.3. The molecule has 0 heterocycles. The molecule has 2 rings (SSSR count). The van der Waals surface area contributed by atoms with Crippen LogP contribution in [0, 0.1) is 0 Å². The molecule has 0 bridgehead atoms. The van der Waals surface area contributed by atoms with Crippen molar-refractivity contribution in [2.75, 3.05) is 42.0 Å². The van der Waals surface area contributed by atoms with Crippen LogP contribution in [-0.2, 0) is 13.0 Å². The van der Waals surface area contributed by atoms with Crippen molar-refractivity contribution in [3.63, 3.8) is 0 Å². The molecule has 0 aliphatic rings. The Kier molecular flexibility index (Phi) is 8.73. The summed E-state index contributed by atoms with van der Waals surface area (Å²) >= 11 is 6.30. The minimum Gasteiger partial charge on any atom is -0.497 e. The summed E-state index contributed by atoms with van der Waals surface area (Å²) in [7, 11) is 8.16. The molecule has 0 aromatic heterocycles. The minimum atomic E-state index is 0.506. The smallest absolute Gasteiger partial charge is 0.191 e. The first-order valence-electron chi connectivity index (χ1n) is 9.12. The average Bonchev–Trinajstić information content (AvgIpc) is 2.76. The largest absolute Gasteiger partial charge is 0.497 e. The molecule has 0 saturated heterocycles. The highest BCUT2D eigenvalue weighted by molar-refractivity contribution is 6.31. The predicted octanol–water partition coefficient (Wildman–Crippen LogP) is 3.28. The van der Waals surface area contributed by atoms with Crippen LogP contribution in [0.2, 0.25) is 5.02 Å². The van der Waals surface area contributed by atoms with Gasteiger partial charge in [-0.05, 0) is 30.2 Å². The fourth-order valence-electron chi connectivity index (χ4n) is 2.80. The molecule has 2 aromatic carbocycles. The minimum absolute atomic E-state index is 0.506. The van der Waals surface area contributed by atoms with Gasteiger partial charge in [0.2, 0.25) is 0 Å². The lowest BCUT2D eigenvalue weighted by atomic mass is 10.1. The molecule has 2 N–H and O–H groups in total. The van der Waals surface area contributed by atoms with E-state index in [0.717, 1.165) is 23.3 Å². The number of aliphatic imine (C=N–C) groups is 1. The average molecular weight is 422 g/mol. The van der Waals surface area contributed by atoms with E-state index in [1.165, 1.54) is 0 Å². The van der Waals surface area contributed by atoms with Crippen LogP contribution in [0.4, 0.5) is 0 Å². The lowest BCUT2D eigenvalue weighted by Gasteiger charge is -2.16. The molecular weight excluding hydrogens is 394 g/mol. The highest BCUT2D eigenvalue weighted by atomic mass is 35.5. The number of nitrogens with one attached hydrogen (secondary N) is 2. The van der Waals surface area contributed by atoms with Crippen molar-refractivity contribution < 1.29 is 18.9 Å². The van der Waals surface area contributed by atoms with Gasteiger partial charge in [-0.2, -0.15) is 0 Å². The molecule has 2 aromatic rings. The molecule has 0 saturated carbocycles. The van der Waals surface area contributed by atoms with Gasteiger partial charge in [-0.3, -0.25) is 4.99 Å². The van der Waals surface area contributed by atoms with Crippen LogP contribution >= 0.6 is 11.6 Å². The number of benzene rings is 2. The molecular formula is C21H28ClN3O4. The van der Waals surface area contributed by atoms with E-state index in [4.69, 9.17) is 30.5 Å². The summed E-state index contributed by atoms with van der Waals surface area (Å²) < 4.78 is 21.3. The number of guanidine groups is 1. The van der Waals surface area contributed by atoms with E-state index in [9.17, 15) is 0 Å². The van der Waals surface area contributed by atoms with E-state index in [2.05, 4.69) is 15.6 Å². The zero-order valence-corrected chi connectivity index (χ0v) is 18.2. The standard InChI is InChI=1S/C21H28ClN3O4/c1-23-21(24-9-8-14-6-7-16(26-2)11-17(14)22)25-13-15-10-19(28-4)20(29-5)12-18(15)27-3/h6-7,10-12H,8-9,13H2,1-5H3,(H2,23,24,25). The first-order chi connectivity index (χ1) is 14.1. The Bertz CT molecular complexity index is 843. The van der Waals surface area contributed by atoms with E-state index in [1.807, 2.05) is 24.3 Å². The van der Waals surface area contributed by atoms with Crippen LogP contribution in [0.25, 0.3) is 0 Å². The van der Waals surface area contributed by atoms with Gasteiger partial charge < -0.3 is 29.6 Å². The number of nitrogens with zero attached hydrogens (tertiary/aromatic N) is 1. The van der Waals surface area contributed by atoms with E-state index >= 15 is 0 Å². The first-order valence-corrected chi connectivity index (χ1v) is 9.49. The van der Waals surface area contributed by atoms with Crippen LogP contribution in [0.5, 0.6) is 23.0 Å². The van der Waals surface area contributed by atoms with Gasteiger partial charge in [-0.25, -0.2) is 0 Å². The van der Waals surface area contributed by atoms with Gasteiger partial charge in [0.25, 0.3) is 0 Å². The van der Waals surface area contributed by atoms with Crippen LogP contribution in [0.1, 0.15) is 11.1 Å². The van der Waals surface area contributed by atoms with Gasteiger partial charge in [0.15, 0.2) is 17.5 Å². The summed E-state index contributed by atoms with van der Waals surface area (Å²) in [6.07, 6.45) is 0.753. The van der Waals surface area contributed by atoms with Crippen molar-refractivity contribution in [3.8, 4) is 23.0 Å². The number of halogens is 1. The molecule has 0 aliphatic carbocycles. The number of ether oxygens (including phenoxy) is 4. The lowest BCUT2D eigenvalue weighted by molar-refractivity contribution is 0.347. The summed E-state index contributed by atoms with van der Waals surface area (Å²) in [6.45, 7) is 1.18. The van der Waals surface area contributed by atoms with Gasteiger partial charge in [-0.1, -0.05) is 17.7 Å². The van der Waals surface area contributed by atoms with Crippen LogP contribution in [-0.4, -0.2) is 48.0 Å². The summed E-state index contributed by atoms with van der Waals surface area (Å²) in [5, 5.41) is 7.25. The number of rotatable bonds is 9. The molecule has 0 atom stereocenters. The molecule has 0 spiro atoms. The van der Waals surface area contributed by atoms with E-state index in [-0.39, 0.29) is 0 Å². The lowest BCUT2D eigenvalue weighted by Crippen LogP contribution is -2.38. The molecule has 7 nitrogen and oxygen atoms in total. The third kappa shape index (κ3) is 6.09. The summed E-state index contributed by atoms with van der Waals surface area (Å²) in [5.41, 5.74) is 1.96. The quantitative estimate of drug-likeness (QED) is 0.478. The van der Waals surface area contributed by atoms with E-state index < -0.39 is 0 Å². The maximum Gasteiger partial charge on any atom is 0.191 e. The fourth-order valence-corrected chi connectivity index (χ4v) is 3.07. The van der Waals surface area contributed by atoms with Gasteiger partial charge in [0.1, 0.15) is 11.5 Å². The first kappa shape index (κ1) is 22.5. The third-order valence-electron chi connectivity index (χ3n) is 4.40. The Morgan fingerprint density at radius 1 is 0.862 bits per heavy atom. The van der Waals surface area contributed by atoms with Crippen molar-refractivity contribution >= 4 is 17.6 Å². The van der Waals surface area contributed by atoms with Gasteiger partial charge in [0, 0.05) is 36.8 Å². The zero-order valence-electron chi connectivity index (χ0n) is 17.5. The normalized spacial score (nSPS) is 11.0. The molecule has 0 aliphatic heterocycles. The Morgan fingerprint density at radius 3 is 2.14 bits per heavy atom. The Morgan fingerprint density at radius 2 is 1.55 bits per heavy atom. The maximum atomic E-state index is 6.30. The van der Waals surface area contributed by atoms with Crippen molar-refractivity contribution in [2.45, 2.75) is 13.0 Å². The number of hydrogen-bond acceptors (Lipinski definition) is 5. The van der Waals surface area contributed by atoms with Crippen molar-refractivity contribution in [2.24, 2.45) is 4.99 Å².